The molecule has 0 unspecified atom stereocenters. The van der Waals surface area contributed by atoms with Crippen LogP contribution in [0.5, 0.6) is 0 Å². The van der Waals surface area contributed by atoms with Gasteiger partial charge >= 0.3 is 29.6 Å². The van der Waals surface area contributed by atoms with Gasteiger partial charge in [-0.2, -0.15) is 0 Å². The van der Waals surface area contributed by atoms with Gasteiger partial charge in [-0.05, 0) is 18.4 Å². The van der Waals surface area contributed by atoms with Crippen molar-refractivity contribution in [1.82, 2.24) is 0 Å². The summed E-state index contributed by atoms with van der Waals surface area (Å²) >= 11 is 0. The Bertz CT molecular complexity index is 425. The van der Waals surface area contributed by atoms with Gasteiger partial charge in [0.25, 0.3) is 0 Å². The van der Waals surface area contributed by atoms with Gasteiger partial charge in [0.15, 0.2) is 0 Å². The smallest absolute Gasteiger partial charge is 0.0623 e. The Balaban J connectivity index is 0.000000693. The Labute approximate surface area is 178 Å². The van der Waals surface area contributed by atoms with Crippen molar-refractivity contribution in [3.8, 4) is 0 Å². The second-order valence-electron chi connectivity index (χ2n) is 6.57. The van der Waals surface area contributed by atoms with Crippen molar-refractivity contribution in [2.75, 3.05) is 0 Å². The third-order valence-corrected chi connectivity index (χ3v) is 4.33. The van der Waals surface area contributed by atoms with Crippen molar-refractivity contribution in [1.29, 1.82) is 0 Å². The number of hydrogen-bond acceptors (Lipinski definition) is 0. The van der Waals surface area contributed by atoms with Gasteiger partial charge in [0.05, 0.1) is 0 Å². The summed E-state index contributed by atoms with van der Waals surface area (Å²) in [5.74, 6) is 0. The molecule has 25 heavy (non-hydrogen) atoms. The first kappa shape index (κ1) is 24.4. The Morgan fingerprint density at radius 3 is 1.28 bits per heavy atom. The number of aryl methyl sites for hydroxylation is 1. The second kappa shape index (κ2) is 19.8. The first-order valence-corrected chi connectivity index (χ1v) is 9.97. The van der Waals surface area contributed by atoms with E-state index in [1.807, 2.05) is 36.4 Å². The van der Waals surface area contributed by atoms with Crippen molar-refractivity contribution in [2.24, 2.45) is 0 Å². The van der Waals surface area contributed by atoms with Crippen LogP contribution in [0.4, 0.5) is 0 Å². The fourth-order valence-electron chi connectivity index (χ4n) is 2.85. The molecule has 2 aromatic rings. The van der Waals surface area contributed by atoms with Crippen LogP contribution in [0.3, 0.4) is 0 Å². The summed E-state index contributed by atoms with van der Waals surface area (Å²) in [6.45, 7) is 2.28. The molecule has 0 aliphatic rings. The van der Waals surface area contributed by atoms with Crippen molar-refractivity contribution in [2.45, 2.75) is 77.6 Å². The van der Waals surface area contributed by atoms with Crippen molar-refractivity contribution < 1.29 is 0 Å². The van der Waals surface area contributed by atoms with Crippen LogP contribution in [-0.4, -0.2) is 29.6 Å². The number of hydrogen-bond donors (Lipinski definition) is 0. The summed E-state index contributed by atoms with van der Waals surface area (Å²) in [7, 11) is 0. The largest absolute Gasteiger partial charge is 0.0623 e. The summed E-state index contributed by atoms with van der Waals surface area (Å²) in [4.78, 5) is 0. The van der Waals surface area contributed by atoms with Crippen LogP contribution in [-0.2, 0) is 6.42 Å². The molecule has 0 aromatic heterocycles. The molecule has 0 radical (unpaired) electrons. The zero-order chi connectivity index (χ0) is 17.1. The quantitative estimate of drug-likeness (QED) is 0.298. The fraction of sp³-hybridized carbons (Fsp3) is 0.500. The topological polar surface area (TPSA) is 0 Å². The first-order valence-electron chi connectivity index (χ1n) is 9.97. The molecule has 0 atom stereocenters. The summed E-state index contributed by atoms with van der Waals surface area (Å²) in [6.07, 6.45) is 15.5. The summed E-state index contributed by atoms with van der Waals surface area (Å²) < 4.78 is 0. The van der Waals surface area contributed by atoms with Crippen LogP contribution >= 0.6 is 0 Å². The molecule has 0 aliphatic heterocycles. The molecular formula is C24H37Na. The van der Waals surface area contributed by atoms with E-state index in [1.165, 1.54) is 76.2 Å². The van der Waals surface area contributed by atoms with Gasteiger partial charge in [-0.3, -0.25) is 0 Å². The van der Waals surface area contributed by atoms with Gasteiger partial charge in [-0.15, -0.1) is 0 Å². The average Bonchev–Trinajstić information content (AvgIpc) is 2.66. The van der Waals surface area contributed by atoms with E-state index in [1.54, 1.807) is 0 Å². The molecule has 0 aliphatic carbocycles. The minimum Gasteiger partial charge on any atom is -0.0623 e. The van der Waals surface area contributed by atoms with Crippen LogP contribution in [0.2, 0.25) is 0 Å². The van der Waals surface area contributed by atoms with E-state index >= 15 is 0 Å². The fourth-order valence-corrected chi connectivity index (χ4v) is 2.85. The molecule has 0 amide bonds. The second-order valence-corrected chi connectivity index (χ2v) is 6.57. The van der Waals surface area contributed by atoms with Crippen molar-refractivity contribution in [3.63, 3.8) is 0 Å². The van der Waals surface area contributed by atoms with Crippen LogP contribution < -0.4 is 0 Å². The SMILES string of the molecule is CCCCCCCCCCCCc1ccccc1.[NaH].c1ccccc1. The van der Waals surface area contributed by atoms with E-state index in [-0.39, 0.29) is 29.6 Å². The maximum absolute atomic E-state index is 2.28. The van der Waals surface area contributed by atoms with Crippen molar-refractivity contribution >= 4 is 29.6 Å². The molecule has 0 N–H and O–H groups in total. The predicted octanol–water partition coefficient (Wildman–Crippen LogP) is 7.19. The molecule has 0 heterocycles. The maximum Gasteiger partial charge on any atom is -0.0623 e. The normalized spacial score (nSPS) is 9.64. The van der Waals surface area contributed by atoms with Crippen LogP contribution in [0.25, 0.3) is 0 Å². The van der Waals surface area contributed by atoms with E-state index < -0.39 is 0 Å². The molecular weight excluding hydrogens is 311 g/mol. The van der Waals surface area contributed by atoms with Gasteiger partial charge in [-0.1, -0.05) is 131 Å². The number of unbranched alkanes of at least 4 members (excludes halogenated alkanes) is 9. The third-order valence-electron chi connectivity index (χ3n) is 4.33. The summed E-state index contributed by atoms with van der Waals surface area (Å²) in [6, 6.07) is 22.9. The number of rotatable bonds is 11. The molecule has 0 saturated heterocycles. The van der Waals surface area contributed by atoms with Crippen LogP contribution in [0, 0.1) is 0 Å². The van der Waals surface area contributed by atoms with Gasteiger partial charge in [-0.25, -0.2) is 0 Å². The molecule has 1 heteroatoms. The average molecular weight is 349 g/mol. The van der Waals surface area contributed by atoms with Gasteiger partial charge in [0, 0.05) is 0 Å². The molecule has 0 saturated carbocycles. The standard InChI is InChI=1S/C18H30.C6H6.Na.H/c1-2-3-4-5-6-7-8-9-10-12-15-18-16-13-11-14-17-18;1-2-4-6-5-3-1;;/h11,13-14,16-17H,2-10,12,15H2,1H3;1-6H;;. The summed E-state index contributed by atoms with van der Waals surface area (Å²) in [5.41, 5.74) is 1.50. The Morgan fingerprint density at radius 2 is 0.840 bits per heavy atom. The minimum atomic E-state index is 0. The molecule has 2 aromatic carbocycles. The molecule has 2 rings (SSSR count). The monoisotopic (exact) mass is 348 g/mol. The maximum atomic E-state index is 2.28. The van der Waals surface area contributed by atoms with Gasteiger partial charge in [0.2, 0.25) is 0 Å². The van der Waals surface area contributed by atoms with E-state index in [2.05, 4.69) is 37.3 Å². The third kappa shape index (κ3) is 16.6. The van der Waals surface area contributed by atoms with Gasteiger partial charge in [0.1, 0.15) is 0 Å². The first-order chi connectivity index (χ1) is 11.9. The Kier molecular flexibility index (Phi) is 19.3. The van der Waals surface area contributed by atoms with Crippen LogP contribution in [0.1, 0.15) is 76.7 Å². The van der Waals surface area contributed by atoms with E-state index in [0.29, 0.717) is 0 Å². The van der Waals surface area contributed by atoms with Crippen molar-refractivity contribution in [3.05, 3.63) is 72.3 Å². The Morgan fingerprint density at radius 1 is 0.480 bits per heavy atom. The molecule has 134 valence electrons. The number of benzene rings is 2. The van der Waals surface area contributed by atoms with E-state index in [4.69, 9.17) is 0 Å². The van der Waals surface area contributed by atoms with Gasteiger partial charge < -0.3 is 0 Å². The molecule has 0 bridgehead atoms. The molecule has 0 nitrogen and oxygen atoms in total. The van der Waals surface area contributed by atoms with Crippen LogP contribution in [0.15, 0.2) is 66.7 Å². The molecule has 0 spiro atoms. The molecule has 0 fully saturated rings. The zero-order valence-electron chi connectivity index (χ0n) is 15.6. The summed E-state index contributed by atoms with van der Waals surface area (Å²) in [5, 5.41) is 0. The minimum absolute atomic E-state index is 0. The zero-order valence-corrected chi connectivity index (χ0v) is 15.6. The predicted molar refractivity (Wildman–Crippen MR) is 116 cm³/mol. The van der Waals surface area contributed by atoms with E-state index in [9.17, 15) is 0 Å². The Hall–Kier alpha value is -0.560. The van der Waals surface area contributed by atoms with E-state index in [0.717, 1.165) is 0 Å².